The van der Waals surface area contributed by atoms with Gasteiger partial charge in [0.05, 0.1) is 7.11 Å². The van der Waals surface area contributed by atoms with Crippen LogP contribution in [0.5, 0.6) is 5.75 Å². The second-order valence-electron chi connectivity index (χ2n) is 6.10. The molecule has 1 aliphatic heterocycles. The van der Waals surface area contributed by atoms with Crippen LogP contribution in [0.2, 0.25) is 0 Å². The summed E-state index contributed by atoms with van der Waals surface area (Å²) in [6, 6.07) is 11.7. The number of methoxy groups -OCH3 is 1. The third-order valence-electron chi connectivity index (χ3n) is 4.39. The highest BCUT2D eigenvalue weighted by molar-refractivity contribution is 6.10. The number of rotatable bonds is 5. The number of ether oxygens (including phenoxy) is 1. The normalized spacial score (nSPS) is 13.0. The number of fused-ring (bicyclic) bond motifs is 1. The molecule has 0 unspecified atom stereocenters. The number of nitrogens with zero attached hydrogens (tertiary/aromatic N) is 2. The number of hydrogen-bond acceptors (Lipinski definition) is 3. The molecule has 26 heavy (non-hydrogen) atoms. The molecule has 0 fully saturated rings. The average Bonchev–Trinajstić information content (AvgIpc) is 2.87. The van der Waals surface area contributed by atoms with E-state index in [1.807, 2.05) is 12.1 Å². The van der Waals surface area contributed by atoms with Crippen molar-refractivity contribution in [3.8, 4) is 5.75 Å². The zero-order valence-electron chi connectivity index (χ0n) is 14.7. The fourth-order valence-electron chi connectivity index (χ4n) is 2.93. The van der Waals surface area contributed by atoms with E-state index in [0.717, 1.165) is 5.56 Å². The first-order valence-corrected chi connectivity index (χ1v) is 8.09. The van der Waals surface area contributed by atoms with Gasteiger partial charge >= 0.3 is 0 Å². The Balaban J connectivity index is 1.68. The third kappa shape index (κ3) is 3.18. The first-order valence-electron chi connectivity index (χ1n) is 8.09. The van der Waals surface area contributed by atoms with Gasteiger partial charge in [-0.1, -0.05) is 30.8 Å². The molecule has 2 aromatic rings. The Bertz CT molecular complexity index is 859. The van der Waals surface area contributed by atoms with Gasteiger partial charge in [0.15, 0.2) is 11.6 Å². The molecule has 3 rings (SSSR count). The first kappa shape index (κ1) is 17.7. The smallest absolute Gasteiger partial charge is 0.259 e. The van der Waals surface area contributed by atoms with Crippen molar-refractivity contribution in [1.29, 1.82) is 0 Å². The maximum atomic E-state index is 13.8. The highest BCUT2D eigenvalue weighted by atomic mass is 19.1. The number of carbonyl (C=O) groups excluding carboxylic acids is 2. The van der Waals surface area contributed by atoms with E-state index in [9.17, 15) is 14.0 Å². The summed E-state index contributed by atoms with van der Waals surface area (Å²) in [4.78, 5) is 27.8. The highest BCUT2D eigenvalue weighted by Crippen LogP contribution is 2.30. The van der Waals surface area contributed by atoms with E-state index in [-0.39, 0.29) is 30.7 Å². The second-order valence-corrected chi connectivity index (χ2v) is 6.10. The van der Waals surface area contributed by atoms with Gasteiger partial charge in [-0.3, -0.25) is 14.5 Å². The molecule has 1 heterocycles. The lowest BCUT2D eigenvalue weighted by Gasteiger charge is -2.22. The predicted octanol–water partition coefficient (Wildman–Crippen LogP) is 2.92. The Hall–Kier alpha value is -3.15. The number of hydrogen-bond donors (Lipinski definition) is 0. The molecule has 0 radical (unpaired) electrons. The lowest BCUT2D eigenvalue weighted by molar-refractivity contribution is -0.130. The van der Waals surface area contributed by atoms with Crippen molar-refractivity contribution >= 4 is 17.5 Å². The lowest BCUT2D eigenvalue weighted by atomic mass is 10.1. The molecule has 0 spiro atoms. The number of halogens is 1. The van der Waals surface area contributed by atoms with Crippen LogP contribution in [-0.4, -0.2) is 42.3 Å². The minimum Gasteiger partial charge on any atom is -0.494 e. The monoisotopic (exact) mass is 354 g/mol. The van der Waals surface area contributed by atoms with E-state index in [2.05, 4.69) is 6.58 Å². The first-order chi connectivity index (χ1) is 12.4. The van der Waals surface area contributed by atoms with Gasteiger partial charge in [0.25, 0.3) is 5.91 Å². The van der Waals surface area contributed by atoms with Crippen LogP contribution in [0, 0.1) is 5.82 Å². The molecule has 0 saturated carbocycles. The zero-order valence-corrected chi connectivity index (χ0v) is 14.7. The summed E-state index contributed by atoms with van der Waals surface area (Å²) >= 11 is 0. The van der Waals surface area contributed by atoms with Gasteiger partial charge in [-0.2, -0.15) is 0 Å². The summed E-state index contributed by atoms with van der Waals surface area (Å²) in [6.07, 6.45) is 0. The van der Waals surface area contributed by atoms with Crippen molar-refractivity contribution in [2.75, 3.05) is 20.7 Å². The predicted molar refractivity (Wildman–Crippen MR) is 95.9 cm³/mol. The topological polar surface area (TPSA) is 49.9 Å². The van der Waals surface area contributed by atoms with Gasteiger partial charge in [0.2, 0.25) is 5.91 Å². The van der Waals surface area contributed by atoms with Gasteiger partial charge in [0, 0.05) is 30.4 Å². The fraction of sp³-hybridized carbons (Fsp3) is 0.200. The summed E-state index contributed by atoms with van der Waals surface area (Å²) in [7, 11) is 3.01. The minimum absolute atomic E-state index is 0.110. The Morgan fingerprint density at radius 3 is 2.54 bits per heavy atom. The Kier molecular flexibility index (Phi) is 4.75. The van der Waals surface area contributed by atoms with Crippen molar-refractivity contribution in [2.45, 2.75) is 6.54 Å². The van der Waals surface area contributed by atoms with Crippen LogP contribution in [0.4, 0.5) is 4.39 Å². The van der Waals surface area contributed by atoms with Gasteiger partial charge < -0.3 is 9.64 Å². The van der Waals surface area contributed by atoms with Crippen LogP contribution >= 0.6 is 0 Å². The lowest BCUT2D eigenvalue weighted by Crippen LogP contribution is -2.37. The third-order valence-corrected chi connectivity index (χ3v) is 4.39. The summed E-state index contributed by atoms with van der Waals surface area (Å²) in [5, 5.41) is 0. The van der Waals surface area contributed by atoms with E-state index in [1.165, 1.54) is 29.0 Å². The largest absolute Gasteiger partial charge is 0.494 e. The van der Waals surface area contributed by atoms with Crippen molar-refractivity contribution in [3.05, 3.63) is 71.6 Å². The van der Waals surface area contributed by atoms with E-state index < -0.39 is 5.82 Å². The molecule has 1 aliphatic rings. The van der Waals surface area contributed by atoms with Gasteiger partial charge in [-0.25, -0.2) is 4.39 Å². The summed E-state index contributed by atoms with van der Waals surface area (Å²) < 4.78 is 18.7. The van der Waals surface area contributed by atoms with Gasteiger partial charge in [0.1, 0.15) is 6.54 Å². The molecule has 2 amide bonds. The minimum atomic E-state index is -0.482. The van der Waals surface area contributed by atoms with Crippen molar-refractivity contribution in [3.63, 3.8) is 0 Å². The summed E-state index contributed by atoms with van der Waals surface area (Å²) in [5.74, 6) is -0.824. The van der Waals surface area contributed by atoms with Crippen LogP contribution < -0.4 is 4.74 Å². The zero-order chi connectivity index (χ0) is 18.8. The molecular weight excluding hydrogens is 335 g/mol. The number of carbonyl (C=O) groups is 2. The Morgan fingerprint density at radius 1 is 1.23 bits per heavy atom. The molecule has 5 nitrogen and oxygen atoms in total. The van der Waals surface area contributed by atoms with Crippen LogP contribution in [0.1, 0.15) is 21.5 Å². The number of likely N-dealkylation sites (N-methyl/N-ethyl adjacent to an activating group) is 1. The average molecular weight is 354 g/mol. The van der Waals surface area contributed by atoms with Crippen molar-refractivity contribution in [2.24, 2.45) is 0 Å². The fourth-order valence-corrected chi connectivity index (χ4v) is 2.93. The van der Waals surface area contributed by atoms with Gasteiger partial charge in [-0.15, -0.1) is 0 Å². The Morgan fingerprint density at radius 2 is 1.92 bits per heavy atom. The van der Waals surface area contributed by atoms with Crippen molar-refractivity contribution in [1.82, 2.24) is 9.80 Å². The molecule has 0 N–H and O–H groups in total. The van der Waals surface area contributed by atoms with Crippen LogP contribution in [0.3, 0.4) is 0 Å². The number of benzene rings is 2. The summed E-state index contributed by atoms with van der Waals surface area (Å²) in [5.41, 5.74) is 2.44. The SMILES string of the molecule is C=C1c2ccccc2C(=O)N1CC(=O)N(C)Cc1ccc(OC)c(F)c1. The van der Waals surface area contributed by atoms with E-state index >= 15 is 0 Å². The Labute approximate surface area is 151 Å². The van der Waals surface area contributed by atoms with E-state index in [0.29, 0.717) is 16.8 Å². The van der Waals surface area contributed by atoms with E-state index in [4.69, 9.17) is 4.74 Å². The van der Waals surface area contributed by atoms with Crippen LogP contribution in [-0.2, 0) is 11.3 Å². The molecule has 0 aromatic heterocycles. The van der Waals surface area contributed by atoms with E-state index in [1.54, 1.807) is 25.2 Å². The van der Waals surface area contributed by atoms with Crippen LogP contribution in [0.15, 0.2) is 49.0 Å². The molecule has 0 atom stereocenters. The molecule has 0 aliphatic carbocycles. The second kappa shape index (κ2) is 7.00. The van der Waals surface area contributed by atoms with Crippen molar-refractivity contribution < 1.29 is 18.7 Å². The number of amides is 2. The maximum absolute atomic E-state index is 13.8. The van der Waals surface area contributed by atoms with Gasteiger partial charge in [-0.05, 0) is 23.8 Å². The highest BCUT2D eigenvalue weighted by Gasteiger charge is 2.32. The maximum Gasteiger partial charge on any atom is 0.259 e. The molecule has 0 bridgehead atoms. The summed E-state index contributed by atoms with van der Waals surface area (Å²) in [6.45, 7) is 4.04. The quantitative estimate of drug-likeness (QED) is 0.830. The molecular formula is C20H19FN2O3. The molecule has 6 heteroatoms. The molecule has 134 valence electrons. The van der Waals surface area contributed by atoms with Crippen LogP contribution in [0.25, 0.3) is 5.70 Å². The molecule has 0 saturated heterocycles. The molecule has 2 aromatic carbocycles. The standard InChI is InChI=1S/C20H19FN2O3/c1-13-15-6-4-5-7-16(15)20(25)23(13)12-19(24)22(2)11-14-8-9-18(26-3)17(21)10-14/h4-10H,1,11-12H2,2-3H3.